The molecule has 0 amide bonds. The standard InChI is InChI=1S/C15H19BrO3/c1-10(17)7-11-8-13(16)15(18-2)14(9-11)19-12-5-3-4-6-12/h8-9,12H,3-7H2,1-2H3. The third-order valence-corrected chi connectivity index (χ3v) is 3.91. The van der Waals surface area contributed by atoms with Gasteiger partial charge in [0.05, 0.1) is 17.7 Å². The van der Waals surface area contributed by atoms with Crippen LogP contribution in [0.5, 0.6) is 11.5 Å². The highest BCUT2D eigenvalue weighted by Gasteiger charge is 2.20. The fraction of sp³-hybridized carbons (Fsp3) is 0.533. The van der Waals surface area contributed by atoms with Crippen LogP contribution in [0.3, 0.4) is 0 Å². The molecular formula is C15H19BrO3. The summed E-state index contributed by atoms with van der Waals surface area (Å²) in [5, 5.41) is 0. The minimum absolute atomic E-state index is 0.142. The first kappa shape index (κ1) is 14.4. The number of benzene rings is 1. The largest absolute Gasteiger partial charge is 0.492 e. The molecule has 1 aromatic rings. The van der Waals surface area contributed by atoms with Gasteiger partial charge in [0.2, 0.25) is 0 Å². The molecule has 1 aliphatic rings. The number of rotatable bonds is 5. The molecule has 19 heavy (non-hydrogen) atoms. The van der Waals surface area contributed by atoms with E-state index < -0.39 is 0 Å². The zero-order chi connectivity index (χ0) is 13.8. The molecule has 0 bridgehead atoms. The molecule has 0 N–H and O–H groups in total. The molecule has 0 atom stereocenters. The smallest absolute Gasteiger partial charge is 0.174 e. The van der Waals surface area contributed by atoms with Gasteiger partial charge in [-0.2, -0.15) is 0 Å². The van der Waals surface area contributed by atoms with E-state index in [1.807, 2.05) is 12.1 Å². The van der Waals surface area contributed by atoms with Crippen LogP contribution >= 0.6 is 15.9 Å². The Morgan fingerprint density at radius 1 is 1.37 bits per heavy atom. The summed E-state index contributed by atoms with van der Waals surface area (Å²) in [6.45, 7) is 1.59. The summed E-state index contributed by atoms with van der Waals surface area (Å²) < 4.78 is 12.3. The second-order valence-corrected chi connectivity index (χ2v) is 5.87. The van der Waals surface area contributed by atoms with Gasteiger partial charge in [0.15, 0.2) is 11.5 Å². The summed E-state index contributed by atoms with van der Waals surface area (Å²) in [7, 11) is 1.63. The number of carbonyl (C=O) groups is 1. The lowest BCUT2D eigenvalue weighted by molar-refractivity contribution is -0.116. The van der Waals surface area contributed by atoms with Gasteiger partial charge in [0.1, 0.15) is 5.78 Å². The number of ether oxygens (including phenoxy) is 2. The Labute approximate surface area is 122 Å². The lowest BCUT2D eigenvalue weighted by atomic mass is 10.1. The van der Waals surface area contributed by atoms with Crippen molar-refractivity contribution in [2.24, 2.45) is 0 Å². The molecule has 0 saturated heterocycles. The summed E-state index contributed by atoms with van der Waals surface area (Å²) >= 11 is 3.48. The fourth-order valence-electron chi connectivity index (χ4n) is 2.48. The Morgan fingerprint density at radius 2 is 2.05 bits per heavy atom. The van der Waals surface area contributed by atoms with Crippen LogP contribution in [0.1, 0.15) is 38.2 Å². The van der Waals surface area contributed by atoms with E-state index in [1.54, 1.807) is 14.0 Å². The van der Waals surface area contributed by atoms with Crippen molar-refractivity contribution < 1.29 is 14.3 Å². The average molecular weight is 327 g/mol. The Bertz CT molecular complexity index is 465. The first-order chi connectivity index (χ1) is 9.10. The van der Waals surface area contributed by atoms with Crippen LogP contribution < -0.4 is 9.47 Å². The van der Waals surface area contributed by atoms with Gasteiger partial charge in [-0.05, 0) is 66.2 Å². The molecule has 2 rings (SSSR count). The van der Waals surface area contributed by atoms with Crippen LogP contribution in [0.25, 0.3) is 0 Å². The van der Waals surface area contributed by atoms with Gasteiger partial charge in [-0.3, -0.25) is 4.79 Å². The zero-order valence-corrected chi connectivity index (χ0v) is 13.0. The van der Waals surface area contributed by atoms with Crippen molar-refractivity contribution in [3.05, 3.63) is 22.2 Å². The Balaban J connectivity index is 2.26. The van der Waals surface area contributed by atoms with Gasteiger partial charge < -0.3 is 9.47 Å². The fourth-order valence-corrected chi connectivity index (χ4v) is 3.13. The minimum Gasteiger partial charge on any atom is -0.492 e. The Kier molecular flexibility index (Phi) is 4.86. The number of ketones is 1. The molecule has 0 aliphatic heterocycles. The zero-order valence-electron chi connectivity index (χ0n) is 11.4. The van der Waals surface area contributed by atoms with Gasteiger partial charge in [-0.25, -0.2) is 0 Å². The van der Waals surface area contributed by atoms with E-state index in [9.17, 15) is 4.79 Å². The van der Waals surface area contributed by atoms with Crippen LogP contribution in [0.2, 0.25) is 0 Å². The van der Waals surface area contributed by atoms with E-state index in [2.05, 4.69) is 15.9 Å². The van der Waals surface area contributed by atoms with E-state index >= 15 is 0 Å². The summed E-state index contributed by atoms with van der Waals surface area (Å²) in [6, 6.07) is 3.84. The maximum absolute atomic E-state index is 11.2. The van der Waals surface area contributed by atoms with Gasteiger partial charge in [0, 0.05) is 6.42 Å². The summed E-state index contributed by atoms with van der Waals surface area (Å²) in [4.78, 5) is 11.2. The van der Waals surface area contributed by atoms with Crippen molar-refractivity contribution in [1.82, 2.24) is 0 Å². The monoisotopic (exact) mass is 326 g/mol. The number of carbonyl (C=O) groups excluding carboxylic acids is 1. The van der Waals surface area contributed by atoms with Crippen LogP contribution in [-0.2, 0) is 11.2 Å². The van der Waals surface area contributed by atoms with Gasteiger partial charge in [-0.15, -0.1) is 0 Å². The van der Waals surface area contributed by atoms with Crippen molar-refractivity contribution in [3.8, 4) is 11.5 Å². The summed E-state index contributed by atoms with van der Waals surface area (Å²) in [5.41, 5.74) is 0.952. The molecule has 0 aromatic heterocycles. The SMILES string of the molecule is COc1c(Br)cc(CC(C)=O)cc1OC1CCCC1. The second-order valence-electron chi connectivity index (χ2n) is 5.01. The van der Waals surface area contributed by atoms with Crippen LogP contribution in [0, 0.1) is 0 Å². The van der Waals surface area contributed by atoms with Crippen molar-refractivity contribution in [2.45, 2.75) is 45.1 Å². The molecule has 0 heterocycles. The number of halogens is 1. The highest BCUT2D eigenvalue weighted by Crippen LogP contribution is 2.38. The lowest BCUT2D eigenvalue weighted by Crippen LogP contribution is -2.12. The quantitative estimate of drug-likeness (QED) is 0.822. The average Bonchev–Trinajstić information content (AvgIpc) is 2.80. The molecule has 3 nitrogen and oxygen atoms in total. The number of methoxy groups -OCH3 is 1. The Hall–Kier alpha value is -1.03. The first-order valence-corrected chi connectivity index (χ1v) is 7.42. The number of hydrogen-bond acceptors (Lipinski definition) is 3. The van der Waals surface area contributed by atoms with E-state index in [1.165, 1.54) is 12.8 Å². The highest BCUT2D eigenvalue weighted by atomic mass is 79.9. The highest BCUT2D eigenvalue weighted by molar-refractivity contribution is 9.10. The maximum Gasteiger partial charge on any atom is 0.174 e. The first-order valence-electron chi connectivity index (χ1n) is 6.62. The third-order valence-electron chi connectivity index (χ3n) is 3.32. The molecule has 0 unspecified atom stereocenters. The summed E-state index contributed by atoms with van der Waals surface area (Å²) in [5.74, 6) is 1.59. The van der Waals surface area contributed by atoms with Gasteiger partial charge in [-0.1, -0.05) is 0 Å². The molecule has 1 saturated carbocycles. The van der Waals surface area contributed by atoms with E-state index in [4.69, 9.17) is 9.47 Å². The van der Waals surface area contributed by atoms with Crippen molar-refractivity contribution in [3.63, 3.8) is 0 Å². The molecule has 1 aliphatic carbocycles. The molecule has 1 fully saturated rings. The van der Waals surface area contributed by atoms with Crippen LogP contribution in [0.15, 0.2) is 16.6 Å². The molecule has 0 spiro atoms. The predicted molar refractivity (Wildman–Crippen MR) is 78.0 cm³/mol. The lowest BCUT2D eigenvalue weighted by Gasteiger charge is -2.18. The van der Waals surface area contributed by atoms with Crippen molar-refractivity contribution in [2.75, 3.05) is 7.11 Å². The second kappa shape index (κ2) is 6.42. The number of Topliss-reactive ketones (excluding diaryl/α,β-unsaturated/α-hetero) is 1. The maximum atomic E-state index is 11.2. The van der Waals surface area contributed by atoms with Crippen molar-refractivity contribution >= 4 is 21.7 Å². The van der Waals surface area contributed by atoms with Crippen molar-refractivity contribution in [1.29, 1.82) is 0 Å². The topological polar surface area (TPSA) is 35.5 Å². The van der Waals surface area contributed by atoms with Crippen LogP contribution in [-0.4, -0.2) is 19.0 Å². The number of hydrogen-bond donors (Lipinski definition) is 0. The summed E-state index contributed by atoms with van der Waals surface area (Å²) in [6.07, 6.45) is 5.33. The molecule has 104 valence electrons. The molecule has 1 aromatic carbocycles. The van der Waals surface area contributed by atoms with E-state index in [-0.39, 0.29) is 11.9 Å². The van der Waals surface area contributed by atoms with Gasteiger partial charge >= 0.3 is 0 Å². The van der Waals surface area contributed by atoms with Gasteiger partial charge in [0.25, 0.3) is 0 Å². The predicted octanol–water partition coefficient (Wildman–Crippen LogP) is 3.91. The normalized spacial score (nSPS) is 15.5. The van der Waals surface area contributed by atoms with Crippen LogP contribution in [0.4, 0.5) is 0 Å². The van der Waals surface area contributed by atoms with E-state index in [0.29, 0.717) is 12.2 Å². The molecule has 4 heteroatoms. The minimum atomic E-state index is 0.142. The Morgan fingerprint density at radius 3 is 2.63 bits per heavy atom. The third kappa shape index (κ3) is 3.72. The molecule has 0 radical (unpaired) electrons. The molecular weight excluding hydrogens is 308 g/mol. The van der Waals surface area contributed by atoms with E-state index in [0.717, 1.165) is 28.6 Å².